The standard InChI is InChI=1S/C21H20N4O2/c1-14(2)27-16-8-6-7-15(13-16)21-20(17-10-11-19(26)24(3)22-17)18-9-4-5-12-25(18)23-21/h4-14H,1-3H3. The van der Waals surface area contributed by atoms with Gasteiger partial charge in [0.25, 0.3) is 5.56 Å². The Labute approximate surface area is 156 Å². The highest BCUT2D eigenvalue weighted by atomic mass is 16.5. The molecule has 6 heteroatoms. The van der Waals surface area contributed by atoms with Crippen LogP contribution >= 0.6 is 0 Å². The van der Waals surface area contributed by atoms with E-state index in [1.165, 1.54) is 10.7 Å². The van der Waals surface area contributed by atoms with Crippen LogP contribution in [-0.2, 0) is 7.05 Å². The smallest absolute Gasteiger partial charge is 0.266 e. The molecule has 0 atom stereocenters. The molecule has 0 amide bonds. The topological polar surface area (TPSA) is 61.4 Å². The fraction of sp³-hybridized carbons (Fsp3) is 0.190. The van der Waals surface area contributed by atoms with E-state index in [9.17, 15) is 4.79 Å². The van der Waals surface area contributed by atoms with Gasteiger partial charge in [-0.2, -0.15) is 10.2 Å². The van der Waals surface area contributed by atoms with Gasteiger partial charge in [-0.15, -0.1) is 0 Å². The molecule has 0 bridgehead atoms. The van der Waals surface area contributed by atoms with Crippen molar-refractivity contribution in [2.24, 2.45) is 7.05 Å². The molecule has 0 fully saturated rings. The summed E-state index contributed by atoms with van der Waals surface area (Å²) >= 11 is 0. The number of aryl methyl sites for hydroxylation is 1. The fourth-order valence-corrected chi connectivity index (χ4v) is 3.08. The lowest BCUT2D eigenvalue weighted by Crippen LogP contribution is -2.18. The minimum atomic E-state index is -0.149. The number of rotatable bonds is 4. The average Bonchev–Trinajstić information content (AvgIpc) is 3.03. The Balaban J connectivity index is 1.96. The molecule has 4 rings (SSSR count). The Morgan fingerprint density at radius 2 is 1.85 bits per heavy atom. The lowest BCUT2D eigenvalue weighted by Gasteiger charge is -2.11. The summed E-state index contributed by atoms with van der Waals surface area (Å²) in [5.41, 5.74) is 4.08. The molecule has 0 saturated carbocycles. The summed E-state index contributed by atoms with van der Waals surface area (Å²) in [4.78, 5) is 11.8. The summed E-state index contributed by atoms with van der Waals surface area (Å²) in [6, 6.07) is 17.0. The normalized spacial score (nSPS) is 11.3. The van der Waals surface area contributed by atoms with Crippen molar-refractivity contribution in [2.45, 2.75) is 20.0 Å². The molecule has 0 spiro atoms. The first-order valence-electron chi connectivity index (χ1n) is 8.82. The third-order valence-corrected chi connectivity index (χ3v) is 4.24. The average molecular weight is 360 g/mol. The van der Waals surface area contributed by atoms with Crippen molar-refractivity contribution in [3.05, 3.63) is 71.1 Å². The molecule has 0 aliphatic heterocycles. The number of ether oxygens (including phenoxy) is 1. The number of hydrogen-bond acceptors (Lipinski definition) is 4. The minimum Gasteiger partial charge on any atom is -0.491 e. The van der Waals surface area contributed by atoms with Crippen LogP contribution in [0.3, 0.4) is 0 Å². The molecule has 0 aliphatic carbocycles. The van der Waals surface area contributed by atoms with E-state index in [0.29, 0.717) is 5.69 Å². The van der Waals surface area contributed by atoms with E-state index in [1.54, 1.807) is 13.1 Å². The van der Waals surface area contributed by atoms with Gasteiger partial charge in [0.15, 0.2) is 0 Å². The largest absolute Gasteiger partial charge is 0.491 e. The van der Waals surface area contributed by atoms with Crippen molar-refractivity contribution in [1.82, 2.24) is 19.4 Å². The highest BCUT2D eigenvalue weighted by molar-refractivity contribution is 5.90. The van der Waals surface area contributed by atoms with Crippen LogP contribution in [0.5, 0.6) is 5.75 Å². The maximum Gasteiger partial charge on any atom is 0.266 e. The Hall–Kier alpha value is -3.41. The SMILES string of the molecule is CC(C)Oc1cccc(-c2nn3ccccc3c2-c2ccc(=O)n(C)n2)c1. The van der Waals surface area contributed by atoms with E-state index in [2.05, 4.69) is 5.10 Å². The van der Waals surface area contributed by atoms with Crippen molar-refractivity contribution in [2.75, 3.05) is 0 Å². The third kappa shape index (κ3) is 3.21. The lowest BCUT2D eigenvalue weighted by molar-refractivity contribution is 0.242. The third-order valence-electron chi connectivity index (χ3n) is 4.24. The van der Waals surface area contributed by atoms with Gasteiger partial charge >= 0.3 is 0 Å². The van der Waals surface area contributed by atoms with Crippen molar-refractivity contribution in [3.63, 3.8) is 0 Å². The molecule has 1 aromatic carbocycles. The van der Waals surface area contributed by atoms with Crippen molar-refractivity contribution < 1.29 is 4.74 Å². The van der Waals surface area contributed by atoms with Crippen LogP contribution < -0.4 is 10.3 Å². The predicted molar refractivity (Wildman–Crippen MR) is 105 cm³/mol. The molecular formula is C21H20N4O2. The molecule has 4 aromatic rings. The van der Waals surface area contributed by atoms with Crippen LogP contribution in [0, 0.1) is 0 Å². The second kappa shape index (κ2) is 6.72. The van der Waals surface area contributed by atoms with Crippen molar-refractivity contribution >= 4 is 5.52 Å². The Kier molecular flexibility index (Phi) is 4.24. The molecule has 0 radical (unpaired) electrons. The minimum absolute atomic E-state index is 0.0890. The molecule has 136 valence electrons. The Bertz CT molecular complexity index is 1170. The Morgan fingerprint density at radius 3 is 2.63 bits per heavy atom. The van der Waals surface area contributed by atoms with Crippen LogP contribution in [0.25, 0.3) is 28.0 Å². The number of aromatic nitrogens is 4. The fourth-order valence-electron chi connectivity index (χ4n) is 3.08. The van der Waals surface area contributed by atoms with Gasteiger partial charge in [-0.25, -0.2) is 9.20 Å². The van der Waals surface area contributed by atoms with Gasteiger partial charge in [0.05, 0.1) is 22.9 Å². The van der Waals surface area contributed by atoms with Gasteiger partial charge in [0, 0.05) is 24.9 Å². The highest BCUT2D eigenvalue weighted by Gasteiger charge is 2.18. The van der Waals surface area contributed by atoms with Crippen LogP contribution in [0.4, 0.5) is 0 Å². The van der Waals surface area contributed by atoms with E-state index < -0.39 is 0 Å². The maximum atomic E-state index is 11.8. The van der Waals surface area contributed by atoms with E-state index >= 15 is 0 Å². The molecule has 27 heavy (non-hydrogen) atoms. The summed E-state index contributed by atoms with van der Waals surface area (Å²) in [5, 5.41) is 9.21. The van der Waals surface area contributed by atoms with Crippen LogP contribution in [0.2, 0.25) is 0 Å². The first kappa shape index (κ1) is 17.0. The van der Waals surface area contributed by atoms with Gasteiger partial charge in [0.2, 0.25) is 0 Å². The molecule has 3 aromatic heterocycles. The first-order valence-corrected chi connectivity index (χ1v) is 8.82. The number of benzene rings is 1. The number of hydrogen-bond donors (Lipinski definition) is 0. The molecule has 3 heterocycles. The molecule has 6 nitrogen and oxygen atoms in total. The number of fused-ring (bicyclic) bond motifs is 1. The molecule has 0 unspecified atom stereocenters. The highest BCUT2D eigenvalue weighted by Crippen LogP contribution is 2.35. The Morgan fingerprint density at radius 1 is 1.00 bits per heavy atom. The molecule has 0 aliphatic rings. The van der Waals surface area contributed by atoms with E-state index in [0.717, 1.165) is 28.1 Å². The van der Waals surface area contributed by atoms with Crippen LogP contribution in [0.1, 0.15) is 13.8 Å². The van der Waals surface area contributed by atoms with Crippen LogP contribution in [0.15, 0.2) is 65.6 Å². The number of pyridine rings is 1. The second-order valence-electron chi connectivity index (χ2n) is 6.63. The van der Waals surface area contributed by atoms with E-state index in [1.807, 2.05) is 67.0 Å². The zero-order chi connectivity index (χ0) is 19.0. The quantitative estimate of drug-likeness (QED) is 0.558. The zero-order valence-electron chi connectivity index (χ0n) is 15.5. The van der Waals surface area contributed by atoms with Crippen molar-refractivity contribution in [3.8, 4) is 28.3 Å². The van der Waals surface area contributed by atoms with Gasteiger partial charge < -0.3 is 4.74 Å². The summed E-state index contributed by atoms with van der Waals surface area (Å²) < 4.78 is 9.00. The summed E-state index contributed by atoms with van der Waals surface area (Å²) in [6.07, 6.45) is 1.99. The monoisotopic (exact) mass is 360 g/mol. The lowest BCUT2D eigenvalue weighted by atomic mass is 10.0. The second-order valence-corrected chi connectivity index (χ2v) is 6.63. The van der Waals surface area contributed by atoms with Crippen molar-refractivity contribution in [1.29, 1.82) is 0 Å². The summed E-state index contributed by atoms with van der Waals surface area (Å²) in [5.74, 6) is 0.791. The molecular weight excluding hydrogens is 340 g/mol. The summed E-state index contributed by atoms with van der Waals surface area (Å²) in [7, 11) is 1.65. The predicted octanol–water partition coefficient (Wildman–Crippen LogP) is 3.55. The maximum absolute atomic E-state index is 11.8. The number of nitrogens with zero attached hydrogens (tertiary/aromatic N) is 4. The van der Waals surface area contributed by atoms with Gasteiger partial charge in [-0.1, -0.05) is 18.2 Å². The molecule has 0 saturated heterocycles. The van der Waals surface area contributed by atoms with Gasteiger partial charge in [-0.3, -0.25) is 4.79 Å². The summed E-state index contributed by atoms with van der Waals surface area (Å²) in [6.45, 7) is 3.99. The van der Waals surface area contributed by atoms with E-state index in [4.69, 9.17) is 9.84 Å². The molecule has 0 N–H and O–H groups in total. The van der Waals surface area contributed by atoms with Gasteiger partial charge in [-0.05, 0) is 44.2 Å². The van der Waals surface area contributed by atoms with Crippen LogP contribution in [-0.4, -0.2) is 25.5 Å². The first-order chi connectivity index (χ1) is 13.0. The van der Waals surface area contributed by atoms with Gasteiger partial charge in [0.1, 0.15) is 11.4 Å². The van der Waals surface area contributed by atoms with E-state index in [-0.39, 0.29) is 11.7 Å². The zero-order valence-corrected chi connectivity index (χ0v) is 15.5.